The number of carbonyl (C=O) groups excluding carboxylic acids is 1. The van der Waals surface area contributed by atoms with Gasteiger partial charge in [-0.2, -0.15) is 0 Å². The highest BCUT2D eigenvalue weighted by atomic mass is 16.5. The lowest BCUT2D eigenvalue weighted by Gasteiger charge is -2.27. The van der Waals surface area contributed by atoms with Gasteiger partial charge in [0.1, 0.15) is 5.54 Å². The Bertz CT molecular complexity index is 302. The molecule has 0 bridgehead atoms. The van der Waals surface area contributed by atoms with Gasteiger partial charge < -0.3 is 20.1 Å². The summed E-state index contributed by atoms with van der Waals surface area (Å²) in [7, 11) is 2.13. The van der Waals surface area contributed by atoms with Gasteiger partial charge in [-0.1, -0.05) is 0 Å². The summed E-state index contributed by atoms with van der Waals surface area (Å²) in [5, 5.41) is 0. The topological polar surface area (TPSA) is 64.8 Å². The van der Waals surface area contributed by atoms with Crippen molar-refractivity contribution in [2.45, 2.75) is 64.0 Å². The van der Waals surface area contributed by atoms with Crippen LogP contribution in [0.2, 0.25) is 0 Å². The molecule has 1 aliphatic rings. The fourth-order valence-electron chi connectivity index (χ4n) is 2.66. The largest absolute Gasteiger partial charge is 0.465 e. The lowest BCUT2D eigenvalue weighted by Crippen LogP contribution is -2.46. The van der Waals surface area contributed by atoms with Crippen molar-refractivity contribution < 1.29 is 14.3 Å². The number of rotatable bonds is 9. The van der Waals surface area contributed by atoms with Crippen LogP contribution in [-0.2, 0) is 14.3 Å². The van der Waals surface area contributed by atoms with Crippen LogP contribution in [-0.4, -0.2) is 55.9 Å². The maximum Gasteiger partial charge on any atom is 0.325 e. The molecule has 1 rings (SSSR count). The molecular weight excluding hydrogens is 268 g/mol. The van der Waals surface area contributed by atoms with Crippen LogP contribution in [0.25, 0.3) is 0 Å². The first-order chi connectivity index (χ1) is 9.95. The summed E-state index contributed by atoms with van der Waals surface area (Å²) in [6, 6.07) is 0. The van der Waals surface area contributed by atoms with Gasteiger partial charge >= 0.3 is 5.97 Å². The molecule has 5 nitrogen and oxygen atoms in total. The summed E-state index contributed by atoms with van der Waals surface area (Å²) in [6.07, 6.45) is 6.68. The second-order valence-electron chi connectivity index (χ2n) is 6.35. The first-order valence-corrected chi connectivity index (χ1v) is 8.22. The molecule has 0 aliphatic carbocycles. The van der Waals surface area contributed by atoms with E-state index in [-0.39, 0.29) is 5.97 Å². The van der Waals surface area contributed by atoms with Gasteiger partial charge in [-0.3, -0.25) is 4.79 Å². The van der Waals surface area contributed by atoms with Crippen molar-refractivity contribution in [1.29, 1.82) is 0 Å². The van der Waals surface area contributed by atoms with Crippen LogP contribution in [0, 0.1) is 0 Å². The molecule has 0 radical (unpaired) electrons. The van der Waals surface area contributed by atoms with Crippen molar-refractivity contribution in [2.24, 2.45) is 5.73 Å². The minimum absolute atomic E-state index is 0.297. The van der Waals surface area contributed by atoms with Gasteiger partial charge in [0, 0.05) is 13.2 Å². The SMILES string of the molecule is CCOC(=O)C(C)(N)CCCCN(C)CC1CCCCO1. The maximum absolute atomic E-state index is 11.7. The van der Waals surface area contributed by atoms with E-state index < -0.39 is 5.54 Å². The lowest BCUT2D eigenvalue weighted by molar-refractivity contribution is -0.149. The van der Waals surface area contributed by atoms with E-state index in [9.17, 15) is 4.79 Å². The normalized spacial score (nSPS) is 22.0. The fourth-order valence-corrected chi connectivity index (χ4v) is 2.66. The van der Waals surface area contributed by atoms with Gasteiger partial charge in [-0.15, -0.1) is 0 Å². The summed E-state index contributed by atoms with van der Waals surface area (Å²) in [5.74, 6) is -0.297. The summed E-state index contributed by atoms with van der Waals surface area (Å²) in [6.45, 7) is 6.86. The average molecular weight is 300 g/mol. The van der Waals surface area contributed by atoms with Crippen LogP contribution in [0.15, 0.2) is 0 Å². The maximum atomic E-state index is 11.7. The zero-order valence-corrected chi connectivity index (χ0v) is 13.9. The lowest BCUT2D eigenvalue weighted by atomic mass is 9.96. The number of hydrogen-bond donors (Lipinski definition) is 1. The van der Waals surface area contributed by atoms with Gasteiger partial charge in [-0.05, 0) is 66.0 Å². The van der Waals surface area contributed by atoms with Crippen LogP contribution in [0.1, 0.15) is 52.4 Å². The number of ether oxygens (including phenoxy) is 2. The standard InChI is InChI=1S/C16H32N2O3/c1-4-20-15(19)16(2,17)10-6-7-11-18(3)13-14-9-5-8-12-21-14/h14H,4-13,17H2,1-3H3. The van der Waals surface area contributed by atoms with Gasteiger partial charge in [0.05, 0.1) is 12.7 Å². The number of nitrogens with two attached hydrogens (primary N) is 1. The zero-order valence-electron chi connectivity index (χ0n) is 13.9. The van der Waals surface area contributed by atoms with E-state index in [2.05, 4.69) is 11.9 Å². The molecule has 0 spiro atoms. The van der Waals surface area contributed by atoms with Crippen LogP contribution in [0.4, 0.5) is 0 Å². The van der Waals surface area contributed by atoms with E-state index in [1.165, 1.54) is 19.3 Å². The first kappa shape index (κ1) is 18.4. The Labute approximate surface area is 129 Å². The molecule has 1 saturated heterocycles. The molecule has 2 atom stereocenters. The number of likely N-dealkylation sites (N-methyl/N-ethyl adjacent to an activating group) is 1. The molecule has 5 heteroatoms. The van der Waals surface area contributed by atoms with Crippen LogP contribution in [0.5, 0.6) is 0 Å². The Morgan fingerprint density at radius 3 is 2.81 bits per heavy atom. The van der Waals surface area contributed by atoms with E-state index in [1.54, 1.807) is 13.8 Å². The summed E-state index contributed by atoms with van der Waals surface area (Å²) < 4.78 is 10.7. The molecule has 124 valence electrons. The first-order valence-electron chi connectivity index (χ1n) is 8.22. The molecule has 2 unspecified atom stereocenters. The Balaban J connectivity index is 2.13. The second-order valence-corrected chi connectivity index (χ2v) is 6.35. The third-order valence-corrected chi connectivity index (χ3v) is 4.02. The third-order valence-electron chi connectivity index (χ3n) is 4.02. The summed E-state index contributed by atoms with van der Waals surface area (Å²) >= 11 is 0. The number of nitrogens with zero attached hydrogens (tertiary/aromatic N) is 1. The Morgan fingerprint density at radius 2 is 2.19 bits per heavy atom. The monoisotopic (exact) mass is 300 g/mol. The smallest absolute Gasteiger partial charge is 0.325 e. The number of unbranched alkanes of at least 4 members (excludes halogenated alkanes) is 1. The van der Waals surface area contributed by atoms with E-state index in [0.29, 0.717) is 19.1 Å². The fraction of sp³-hybridized carbons (Fsp3) is 0.938. The molecule has 0 amide bonds. The molecule has 0 aromatic heterocycles. The minimum atomic E-state index is -0.860. The molecule has 2 N–H and O–H groups in total. The molecule has 1 heterocycles. The molecule has 0 aromatic rings. The molecule has 1 fully saturated rings. The molecule has 1 aliphatic heterocycles. The van der Waals surface area contributed by atoms with E-state index >= 15 is 0 Å². The van der Waals surface area contributed by atoms with E-state index in [4.69, 9.17) is 15.2 Å². The minimum Gasteiger partial charge on any atom is -0.465 e. The molecular formula is C16H32N2O3. The van der Waals surface area contributed by atoms with Gasteiger partial charge in [0.15, 0.2) is 0 Å². The van der Waals surface area contributed by atoms with Crippen molar-refractivity contribution in [1.82, 2.24) is 4.90 Å². The predicted octanol–water partition coefficient (Wildman–Crippen LogP) is 1.94. The van der Waals surface area contributed by atoms with Gasteiger partial charge in [0.2, 0.25) is 0 Å². The van der Waals surface area contributed by atoms with Crippen LogP contribution >= 0.6 is 0 Å². The quantitative estimate of drug-likeness (QED) is 0.521. The summed E-state index contributed by atoms with van der Waals surface area (Å²) in [4.78, 5) is 14.0. The highest BCUT2D eigenvalue weighted by Crippen LogP contribution is 2.15. The van der Waals surface area contributed by atoms with Crippen molar-refractivity contribution in [2.75, 3.05) is 33.4 Å². The Hall–Kier alpha value is -0.650. The molecule has 0 aromatic carbocycles. The molecule has 21 heavy (non-hydrogen) atoms. The summed E-state index contributed by atoms with van der Waals surface area (Å²) in [5.41, 5.74) is 5.14. The number of esters is 1. The highest BCUT2D eigenvalue weighted by Gasteiger charge is 2.29. The van der Waals surface area contributed by atoms with Gasteiger partial charge in [-0.25, -0.2) is 0 Å². The highest BCUT2D eigenvalue weighted by molar-refractivity contribution is 5.79. The van der Waals surface area contributed by atoms with Crippen molar-refractivity contribution >= 4 is 5.97 Å². The second kappa shape index (κ2) is 9.38. The van der Waals surface area contributed by atoms with Gasteiger partial charge in [0.25, 0.3) is 0 Å². The van der Waals surface area contributed by atoms with Crippen molar-refractivity contribution in [3.8, 4) is 0 Å². The Morgan fingerprint density at radius 1 is 1.43 bits per heavy atom. The van der Waals surface area contributed by atoms with E-state index in [0.717, 1.165) is 32.5 Å². The van der Waals surface area contributed by atoms with Crippen LogP contribution in [0.3, 0.4) is 0 Å². The number of carbonyl (C=O) groups is 1. The van der Waals surface area contributed by atoms with Crippen molar-refractivity contribution in [3.63, 3.8) is 0 Å². The predicted molar refractivity (Wildman–Crippen MR) is 84.2 cm³/mol. The van der Waals surface area contributed by atoms with E-state index in [1.807, 2.05) is 0 Å². The zero-order chi connectivity index (χ0) is 15.7. The third kappa shape index (κ3) is 7.25. The van der Waals surface area contributed by atoms with Crippen LogP contribution < -0.4 is 5.73 Å². The number of hydrogen-bond acceptors (Lipinski definition) is 5. The average Bonchev–Trinajstić information content (AvgIpc) is 2.45. The molecule has 0 saturated carbocycles. The Kier molecular flexibility index (Phi) is 8.22. The van der Waals surface area contributed by atoms with Crippen molar-refractivity contribution in [3.05, 3.63) is 0 Å².